The molecule has 0 radical (unpaired) electrons. The van der Waals surface area contributed by atoms with E-state index in [4.69, 9.17) is 5.84 Å². The van der Waals surface area contributed by atoms with Gasteiger partial charge in [0.15, 0.2) is 5.82 Å². The Hall–Kier alpha value is -1.36. The first-order valence-corrected chi connectivity index (χ1v) is 3.95. The molecule has 2 aromatic heterocycles. The standard InChI is InChI=1S/C6H6N4S/c7-10-4-8-9-6(10)5-2-1-3-11-5/h1-4H,7H2. The van der Waals surface area contributed by atoms with Crippen molar-refractivity contribution in [3.8, 4) is 10.7 Å². The molecule has 0 fully saturated rings. The van der Waals surface area contributed by atoms with E-state index in [2.05, 4.69) is 10.2 Å². The fourth-order valence-corrected chi connectivity index (χ4v) is 1.54. The predicted molar refractivity (Wildman–Crippen MR) is 43.5 cm³/mol. The highest BCUT2D eigenvalue weighted by Gasteiger charge is 2.03. The molecular weight excluding hydrogens is 160 g/mol. The third-order valence-corrected chi connectivity index (χ3v) is 2.18. The maximum atomic E-state index is 5.53. The zero-order valence-corrected chi connectivity index (χ0v) is 6.45. The Kier molecular flexibility index (Phi) is 1.36. The van der Waals surface area contributed by atoms with Crippen molar-refractivity contribution in [2.24, 2.45) is 0 Å². The van der Waals surface area contributed by atoms with Crippen LogP contribution in [0.1, 0.15) is 0 Å². The zero-order valence-electron chi connectivity index (χ0n) is 5.64. The van der Waals surface area contributed by atoms with Crippen LogP contribution in [0.3, 0.4) is 0 Å². The average Bonchev–Trinajstić information content (AvgIpc) is 2.55. The summed E-state index contributed by atoms with van der Waals surface area (Å²) in [4.78, 5) is 1.03. The highest BCUT2D eigenvalue weighted by molar-refractivity contribution is 7.13. The van der Waals surface area contributed by atoms with Crippen LogP contribution < -0.4 is 5.84 Å². The minimum Gasteiger partial charge on any atom is -0.336 e. The van der Waals surface area contributed by atoms with Gasteiger partial charge in [-0.25, -0.2) is 4.68 Å². The molecule has 0 saturated heterocycles. The Morgan fingerprint density at radius 3 is 3.00 bits per heavy atom. The van der Waals surface area contributed by atoms with E-state index in [9.17, 15) is 0 Å². The Labute approximate surface area is 67.3 Å². The summed E-state index contributed by atoms with van der Waals surface area (Å²) in [6.07, 6.45) is 1.48. The summed E-state index contributed by atoms with van der Waals surface area (Å²) < 4.78 is 1.41. The minimum atomic E-state index is 0.708. The Bertz CT molecular complexity index is 337. The minimum absolute atomic E-state index is 0.708. The van der Waals surface area contributed by atoms with Crippen LogP contribution in [-0.4, -0.2) is 14.9 Å². The van der Waals surface area contributed by atoms with Crippen molar-refractivity contribution >= 4 is 11.3 Å². The van der Waals surface area contributed by atoms with E-state index >= 15 is 0 Å². The molecule has 4 nitrogen and oxygen atoms in total. The van der Waals surface area contributed by atoms with Crippen molar-refractivity contribution in [3.05, 3.63) is 23.8 Å². The summed E-state index contributed by atoms with van der Waals surface area (Å²) in [5.41, 5.74) is 0. The molecule has 0 unspecified atom stereocenters. The molecule has 0 saturated carbocycles. The van der Waals surface area contributed by atoms with Crippen LogP contribution in [0.5, 0.6) is 0 Å². The third-order valence-electron chi connectivity index (χ3n) is 1.31. The first-order valence-electron chi connectivity index (χ1n) is 3.07. The van der Waals surface area contributed by atoms with Crippen LogP contribution in [-0.2, 0) is 0 Å². The normalized spacial score (nSPS) is 10.2. The number of hydrogen-bond donors (Lipinski definition) is 1. The van der Waals surface area contributed by atoms with Crippen molar-refractivity contribution in [1.82, 2.24) is 14.9 Å². The summed E-state index contributed by atoms with van der Waals surface area (Å²) in [7, 11) is 0. The second kappa shape index (κ2) is 2.35. The lowest BCUT2D eigenvalue weighted by atomic mass is 10.4. The van der Waals surface area contributed by atoms with Gasteiger partial charge in [0.1, 0.15) is 6.33 Å². The van der Waals surface area contributed by atoms with E-state index in [0.717, 1.165) is 4.88 Å². The monoisotopic (exact) mass is 166 g/mol. The molecule has 0 aliphatic carbocycles. The zero-order chi connectivity index (χ0) is 7.68. The van der Waals surface area contributed by atoms with Crippen LogP contribution >= 0.6 is 11.3 Å². The van der Waals surface area contributed by atoms with E-state index in [0.29, 0.717) is 5.82 Å². The highest BCUT2D eigenvalue weighted by Crippen LogP contribution is 2.20. The number of nitrogens with zero attached hydrogens (tertiary/aromatic N) is 3. The second-order valence-corrected chi connectivity index (χ2v) is 2.99. The van der Waals surface area contributed by atoms with E-state index in [-0.39, 0.29) is 0 Å². The summed E-state index contributed by atoms with van der Waals surface area (Å²) in [5.74, 6) is 6.24. The smallest absolute Gasteiger partial charge is 0.192 e. The van der Waals surface area contributed by atoms with Gasteiger partial charge < -0.3 is 5.84 Å². The maximum absolute atomic E-state index is 5.53. The number of hydrogen-bond acceptors (Lipinski definition) is 4. The van der Waals surface area contributed by atoms with Crippen molar-refractivity contribution in [1.29, 1.82) is 0 Å². The van der Waals surface area contributed by atoms with Crippen LogP contribution in [0, 0.1) is 0 Å². The lowest BCUT2D eigenvalue weighted by Gasteiger charge is -1.93. The van der Waals surface area contributed by atoms with Gasteiger partial charge >= 0.3 is 0 Å². The van der Waals surface area contributed by atoms with Crippen LogP contribution in [0.4, 0.5) is 0 Å². The van der Waals surface area contributed by atoms with E-state index in [1.54, 1.807) is 11.3 Å². The molecule has 2 rings (SSSR count). The van der Waals surface area contributed by atoms with Gasteiger partial charge in [0.05, 0.1) is 4.88 Å². The number of nitrogen functional groups attached to an aromatic ring is 1. The Balaban J connectivity index is 2.53. The molecule has 2 heterocycles. The Morgan fingerprint density at radius 1 is 1.55 bits per heavy atom. The quantitative estimate of drug-likeness (QED) is 0.635. The summed E-state index contributed by atoms with van der Waals surface area (Å²) in [5, 5.41) is 9.51. The SMILES string of the molecule is Nn1cnnc1-c1cccs1. The van der Waals surface area contributed by atoms with Gasteiger partial charge in [-0.2, -0.15) is 0 Å². The fraction of sp³-hybridized carbons (Fsp3) is 0. The first kappa shape index (κ1) is 6.36. The molecule has 11 heavy (non-hydrogen) atoms. The van der Waals surface area contributed by atoms with Crippen LogP contribution in [0.15, 0.2) is 23.8 Å². The van der Waals surface area contributed by atoms with Gasteiger partial charge in [0.25, 0.3) is 0 Å². The molecule has 0 atom stereocenters. The van der Waals surface area contributed by atoms with Crippen LogP contribution in [0.25, 0.3) is 10.7 Å². The Morgan fingerprint density at radius 2 is 2.45 bits per heavy atom. The van der Waals surface area contributed by atoms with E-state index < -0.39 is 0 Å². The van der Waals surface area contributed by atoms with Crippen molar-refractivity contribution in [2.75, 3.05) is 5.84 Å². The molecule has 0 aliphatic rings. The van der Waals surface area contributed by atoms with Gasteiger partial charge in [-0.1, -0.05) is 6.07 Å². The van der Waals surface area contributed by atoms with Gasteiger partial charge in [-0.05, 0) is 11.4 Å². The molecular formula is C6H6N4S. The van der Waals surface area contributed by atoms with Gasteiger partial charge in [0.2, 0.25) is 0 Å². The first-order chi connectivity index (χ1) is 5.38. The summed E-state index contributed by atoms with van der Waals surface area (Å²) in [6.45, 7) is 0. The van der Waals surface area contributed by atoms with Gasteiger partial charge in [-0.3, -0.25) is 0 Å². The highest BCUT2D eigenvalue weighted by atomic mass is 32.1. The number of rotatable bonds is 1. The summed E-state index contributed by atoms with van der Waals surface area (Å²) in [6, 6.07) is 3.91. The lowest BCUT2D eigenvalue weighted by molar-refractivity contribution is 1.01. The molecule has 0 amide bonds. The largest absolute Gasteiger partial charge is 0.336 e. The molecule has 2 aromatic rings. The number of aromatic nitrogens is 3. The molecule has 0 bridgehead atoms. The number of thiophene rings is 1. The predicted octanol–water partition coefficient (Wildman–Crippen LogP) is 0.720. The fourth-order valence-electron chi connectivity index (χ4n) is 0.825. The molecule has 0 aliphatic heterocycles. The maximum Gasteiger partial charge on any atom is 0.192 e. The lowest BCUT2D eigenvalue weighted by Crippen LogP contribution is -2.07. The molecule has 56 valence electrons. The third kappa shape index (κ3) is 0.988. The average molecular weight is 166 g/mol. The summed E-state index contributed by atoms with van der Waals surface area (Å²) >= 11 is 1.59. The van der Waals surface area contributed by atoms with E-state index in [1.807, 2.05) is 17.5 Å². The van der Waals surface area contributed by atoms with Crippen LogP contribution in [0.2, 0.25) is 0 Å². The van der Waals surface area contributed by atoms with Gasteiger partial charge in [0, 0.05) is 0 Å². The molecule has 2 N–H and O–H groups in total. The van der Waals surface area contributed by atoms with Crippen molar-refractivity contribution in [3.63, 3.8) is 0 Å². The number of nitrogens with two attached hydrogens (primary N) is 1. The van der Waals surface area contributed by atoms with Crippen molar-refractivity contribution < 1.29 is 0 Å². The van der Waals surface area contributed by atoms with Crippen molar-refractivity contribution in [2.45, 2.75) is 0 Å². The molecule has 0 spiro atoms. The molecule has 5 heteroatoms. The topological polar surface area (TPSA) is 56.7 Å². The molecule has 0 aromatic carbocycles. The van der Waals surface area contributed by atoms with Gasteiger partial charge in [-0.15, -0.1) is 21.5 Å². The van der Waals surface area contributed by atoms with E-state index in [1.165, 1.54) is 11.0 Å². The second-order valence-electron chi connectivity index (χ2n) is 2.04.